The molecule has 0 radical (unpaired) electrons. The quantitative estimate of drug-likeness (QED) is 0.404. The summed E-state index contributed by atoms with van der Waals surface area (Å²) in [6.07, 6.45) is 0.361. The van der Waals surface area contributed by atoms with Gasteiger partial charge in [0.15, 0.2) is 0 Å². The summed E-state index contributed by atoms with van der Waals surface area (Å²) in [7, 11) is 1.70. The highest BCUT2D eigenvalue weighted by atomic mass is 16.5. The summed E-state index contributed by atoms with van der Waals surface area (Å²) in [6, 6.07) is 0. The van der Waals surface area contributed by atoms with Crippen molar-refractivity contribution in [3.63, 3.8) is 0 Å². The van der Waals surface area contributed by atoms with Crippen molar-refractivity contribution >= 4 is 5.84 Å². The van der Waals surface area contributed by atoms with Gasteiger partial charge in [-0.3, -0.25) is 10.3 Å². The van der Waals surface area contributed by atoms with Crippen LogP contribution in [0.3, 0.4) is 0 Å². The van der Waals surface area contributed by atoms with Crippen LogP contribution in [0, 0.1) is 5.41 Å². The fraction of sp³-hybridized carbons (Fsp3) is 0.833. The van der Waals surface area contributed by atoms with E-state index in [4.69, 9.17) is 15.9 Å². The van der Waals surface area contributed by atoms with Crippen molar-refractivity contribution < 1.29 is 4.74 Å². The maximum absolute atomic E-state index is 6.98. The lowest BCUT2D eigenvalue weighted by Crippen LogP contribution is -2.54. The van der Waals surface area contributed by atoms with Gasteiger partial charge in [-0.25, -0.2) is 0 Å². The number of hydrogen-bond donors (Lipinski definition) is 2. The standard InChI is InChI=1S/C6H13N3O/c1-10-5-2-9(3-5)4-6(7)8/h5H,2-4H2,1H3,(H3,7,8). The van der Waals surface area contributed by atoms with E-state index in [0.717, 1.165) is 13.1 Å². The molecule has 4 heteroatoms. The Morgan fingerprint density at radius 1 is 1.80 bits per heavy atom. The van der Waals surface area contributed by atoms with Crippen molar-refractivity contribution in [2.24, 2.45) is 5.73 Å². The first-order valence-corrected chi connectivity index (χ1v) is 3.30. The molecule has 3 N–H and O–H groups in total. The molecule has 0 amide bonds. The maximum Gasteiger partial charge on any atom is 0.105 e. The van der Waals surface area contributed by atoms with E-state index in [-0.39, 0.29) is 5.84 Å². The number of nitrogens with two attached hydrogens (primary N) is 1. The van der Waals surface area contributed by atoms with Gasteiger partial charge in [-0.1, -0.05) is 0 Å². The first-order valence-electron chi connectivity index (χ1n) is 3.30. The highest BCUT2D eigenvalue weighted by Crippen LogP contribution is 2.08. The van der Waals surface area contributed by atoms with Crippen molar-refractivity contribution in [1.82, 2.24) is 4.90 Å². The predicted molar refractivity (Wildman–Crippen MR) is 39.2 cm³/mol. The highest BCUT2D eigenvalue weighted by molar-refractivity contribution is 5.79. The van der Waals surface area contributed by atoms with Crippen molar-refractivity contribution in [3.05, 3.63) is 0 Å². The number of amidine groups is 1. The smallest absolute Gasteiger partial charge is 0.105 e. The molecule has 0 spiro atoms. The molecule has 1 aliphatic rings. The molecule has 0 atom stereocenters. The molecule has 1 aliphatic heterocycles. The van der Waals surface area contributed by atoms with Gasteiger partial charge in [0.2, 0.25) is 0 Å². The van der Waals surface area contributed by atoms with E-state index in [1.165, 1.54) is 0 Å². The number of hydrogen-bond acceptors (Lipinski definition) is 3. The van der Waals surface area contributed by atoms with Crippen molar-refractivity contribution in [3.8, 4) is 0 Å². The average Bonchev–Trinajstić information content (AvgIpc) is 1.76. The summed E-state index contributed by atoms with van der Waals surface area (Å²) in [5.74, 6) is 0.231. The zero-order valence-corrected chi connectivity index (χ0v) is 6.13. The lowest BCUT2D eigenvalue weighted by atomic mass is 10.2. The fourth-order valence-electron chi connectivity index (χ4n) is 1.04. The molecule has 1 fully saturated rings. The molecule has 0 aromatic carbocycles. The molecule has 0 aromatic rings. The van der Waals surface area contributed by atoms with Crippen LogP contribution in [0.25, 0.3) is 0 Å². The Hall–Kier alpha value is -0.610. The molecule has 10 heavy (non-hydrogen) atoms. The molecular formula is C6H13N3O. The Kier molecular flexibility index (Phi) is 2.24. The Labute approximate surface area is 60.5 Å². The van der Waals surface area contributed by atoms with Gasteiger partial charge in [0.25, 0.3) is 0 Å². The van der Waals surface area contributed by atoms with Crippen LogP contribution in [0.4, 0.5) is 0 Å². The number of likely N-dealkylation sites (tertiary alicyclic amines) is 1. The van der Waals surface area contributed by atoms with E-state index in [1.807, 2.05) is 0 Å². The number of rotatable bonds is 3. The average molecular weight is 143 g/mol. The second kappa shape index (κ2) is 2.98. The lowest BCUT2D eigenvalue weighted by Gasteiger charge is -2.37. The third kappa shape index (κ3) is 1.68. The van der Waals surface area contributed by atoms with Gasteiger partial charge in [-0.15, -0.1) is 0 Å². The Balaban J connectivity index is 2.08. The minimum Gasteiger partial charge on any atom is -0.387 e. The summed E-state index contributed by atoms with van der Waals surface area (Å²) in [5.41, 5.74) is 5.19. The van der Waals surface area contributed by atoms with Crippen LogP contribution >= 0.6 is 0 Å². The van der Waals surface area contributed by atoms with Gasteiger partial charge >= 0.3 is 0 Å². The van der Waals surface area contributed by atoms with Gasteiger partial charge in [0.05, 0.1) is 12.6 Å². The number of nitrogens with one attached hydrogen (secondary N) is 1. The molecule has 0 bridgehead atoms. The van der Waals surface area contributed by atoms with Crippen LogP contribution in [0.5, 0.6) is 0 Å². The maximum atomic E-state index is 6.98. The second-order valence-corrected chi connectivity index (χ2v) is 2.58. The van der Waals surface area contributed by atoms with Crippen LogP contribution in [0.2, 0.25) is 0 Å². The molecule has 4 nitrogen and oxygen atoms in total. The zero-order valence-electron chi connectivity index (χ0n) is 6.13. The third-order valence-electron chi connectivity index (χ3n) is 1.65. The third-order valence-corrected chi connectivity index (χ3v) is 1.65. The van der Waals surface area contributed by atoms with E-state index in [1.54, 1.807) is 7.11 Å². The van der Waals surface area contributed by atoms with E-state index < -0.39 is 0 Å². The SMILES string of the molecule is COC1CN(CC(=N)N)C1. The minimum absolute atomic E-state index is 0.231. The normalized spacial score (nSPS) is 20.5. The summed E-state index contributed by atoms with van der Waals surface area (Å²) in [6.45, 7) is 2.41. The molecule has 1 saturated heterocycles. The van der Waals surface area contributed by atoms with Crippen LogP contribution in [-0.2, 0) is 4.74 Å². The predicted octanol–water partition coefficient (Wildman–Crippen LogP) is -0.747. The first kappa shape index (κ1) is 7.50. The van der Waals surface area contributed by atoms with Gasteiger partial charge in [0.1, 0.15) is 5.84 Å². The Bertz CT molecular complexity index is 131. The van der Waals surface area contributed by atoms with E-state index >= 15 is 0 Å². The molecule has 0 aliphatic carbocycles. The van der Waals surface area contributed by atoms with Crippen molar-refractivity contribution in [1.29, 1.82) is 5.41 Å². The zero-order chi connectivity index (χ0) is 7.56. The fourth-order valence-corrected chi connectivity index (χ4v) is 1.04. The molecule has 1 rings (SSSR count). The van der Waals surface area contributed by atoms with E-state index in [0.29, 0.717) is 12.6 Å². The van der Waals surface area contributed by atoms with Crippen LogP contribution < -0.4 is 5.73 Å². The number of ether oxygens (including phenoxy) is 1. The largest absolute Gasteiger partial charge is 0.387 e. The summed E-state index contributed by atoms with van der Waals surface area (Å²) in [5, 5.41) is 6.98. The molecular weight excluding hydrogens is 130 g/mol. The van der Waals surface area contributed by atoms with Gasteiger partial charge < -0.3 is 10.5 Å². The molecule has 1 heterocycles. The van der Waals surface area contributed by atoms with Crippen molar-refractivity contribution in [2.75, 3.05) is 26.7 Å². The Morgan fingerprint density at radius 3 is 2.80 bits per heavy atom. The van der Waals surface area contributed by atoms with E-state index in [2.05, 4.69) is 4.90 Å². The number of nitrogens with zero attached hydrogens (tertiary/aromatic N) is 1. The summed E-state index contributed by atoms with van der Waals surface area (Å²) < 4.78 is 5.04. The number of methoxy groups -OCH3 is 1. The molecule has 0 aromatic heterocycles. The highest BCUT2D eigenvalue weighted by Gasteiger charge is 2.25. The molecule has 58 valence electrons. The van der Waals surface area contributed by atoms with Crippen LogP contribution in [0.1, 0.15) is 0 Å². The van der Waals surface area contributed by atoms with Gasteiger partial charge in [-0.05, 0) is 0 Å². The summed E-state index contributed by atoms with van der Waals surface area (Å²) in [4.78, 5) is 2.08. The first-order chi connectivity index (χ1) is 4.72. The van der Waals surface area contributed by atoms with Gasteiger partial charge in [-0.2, -0.15) is 0 Å². The van der Waals surface area contributed by atoms with Crippen molar-refractivity contribution in [2.45, 2.75) is 6.10 Å². The monoisotopic (exact) mass is 143 g/mol. The second-order valence-electron chi connectivity index (χ2n) is 2.58. The topological polar surface area (TPSA) is 62.3 Å². The molecule has 0 unspecified atom stereocenters. The lowest BCUT2D eigenvalue weighted by molar-refractivity contribution is -0.0214. The summed E-state index contributed by atoms with van der Waals surface area (Å²) >= 11 is 0. The molecule has 0 saturated carbocycles. The Morgan fingerprint density at radius 2 is 2.40 bits per heavy atom. The van der Waals surface area contributed by atoms with Gasteiger partial charge in [0, 0.05) is 20.2 Å². The van der Waals surface area contributed by atoms with E-state index in [9.17, 15) is 0 Å². The minimum atomic E-state index is 0.231. The van der Waals surface area contributed by atoms with Crippen LogP contribution in [-0.4, -0.2) is 43.6 Å². The van der Waals surface area contributed by atoms with Crippen LogP contribution in [0.15, 0.2) is 0 Å².